The van der Waals surface area contributed by atoms with Crippen molar-refractivity contribution in [1.29, 1.82) is 0 Å². The highest BCUT2D eigenvalue weighted by Gasteiger charge is 2.47. The number of rotatable bonds is 0. The zero-order chi connectivity index (χ0) is 15.7. The molecule has 0 aliphatic heterocycles. The first-order valence-corrected chi connectivity index (χ1v) is 9.45. The van der Waals surface area contributed by atoms with Gasteiger partial charge in [0, 0.05) is 5.92 Å². The number of benzene rings is 1. The van der Waals surface area contributed by atoms with Gasteiger partial charge in [0.25, 0.3) is 0 Å². The van der Waals surface area contributed by atoms with Crippen LogP contribution in [0.15, 0.2) is 66.8 Å². The maximum atomic E-state index is 2.51. The Hall–Kier alpha value is -2.08. The van der Waals surface area contributed by atoms with Crippen molar-refractivity contribution >= 4 is 6.08 Å². The van der Waals surface area contributed by atoms with Crippen LogP contribution in [0.2, 0.25) is 0 Å². The van der Waals surface area contributed by atoms with Gasteiger partial charge < -0.3 is 0 Å². The van der Waals surface area contributed by atoms with Gasteiger partial charge in [0.05, 0.1) is 0 Å². The van der Waals surface area contributed by atoms with E-state index in [-0.39, 0.29) is 0 Å². The standard InChI is InChI=1S/C24H22/c1-2-8-17-16(6-1)14-22-19-10-4-3-9-18(19)20-11-5-7-15-12-13-21(17)24(22)23(15)20/h1-10,12-13,16-20,22H,11,14H2. The van der Waals surface area contributed by atoms with E-state index < -0.39 is 0 Å². The summed E-state index contributed by atoms with van der Waals surface area (Å²) < 4.78 is 0. The van der Waals surface area contributed by atoms with Crippen LogP contribution in [-0.4, -0.2) is 0 Å². The Morgan fingerprint density at radius 1 is 0.750 bits per heavy atom. The Bertz CT molecular complexity index is 860. The Balaban J connectivity index is 1.65. The summed E-state index contributed by atoms with van der Waals surface area (Å²) in [5.41, 5.74) is 6.54. The maximum Gasteiger partial charge on any atom is 0.00871 e. The third kappa shape index (κ3) is 1.59. The molecule has 0 spiro atoms. The molecule has 6 unspecified atom stereocenters. The van der Waals surface area contributed by atoms with Crippen LogP contribution in [0.3, 0.4) is 0 Å². The molecule has 0 saturated heterocycles. The molecule has 1 aromatic carbocycles. The highest BCUT2D eigenvalue weighted by atomic mass is 14.5. The van der Waals surface area contributed by atoms with Crippen LogP contribution in [0.4, 0.5) is 0 Å². The summed E-state index contributed by atoms with van der Waals surface area (Å²) >= 11 is 0. The smallest absolute Gasteiger partial charge is 0.00871 e. The molecule has 0 heterocycles. The predicted molar refractivity (Wildman–Crippen MR) is 100.0 cm³/mol. The van der Waals surface area contributed by atoms with Crippen LogP contribution < -0.4 is 0 Å². The molecule has 5 aliphatic carbocycles. The van der Waals surface area contributed by atoms with E-state index in [9.17, 15) is 0 Å². The largest absolute Gasteiger partial charge is 0.0833 e. The van der Waals surface area contributed by atoms with E-state index in [0.717, 1.165) is 0 Å². The van der Waals surface area contributed by atoms with Gasteiger partial charge in [0.15, 0.2) is 0 Å². The van der Waals surface area contributed by atoms with E-state index in [1.165, 1.54) is 18.4 Å². The molecule has 5 aliphatic rings. The second kappa shape index (κ2) is 4.72. The van der Waals surface area contributed by atoms with Crippen molar-refractivity contribution in [2.24, 2.45) is 17.8 Å². The molecule has 6 rings (SSSR count). The normalized spacial score (nSPS) is 39.3. The topological polar surface area (TPSA) is 0 Å². The summed E-state index contributed by atoms with van der Waals surface area (Å²) in [5, 5.41) is 0. The first-order chi connectivity index (χ1) is 11.9. The van der Waals surface area contributed by atoms with E-state index in [1.54, 1.807) is 16.7 Å². The minimum Gasteiger partial charge on any atom is -0.0833 e. The molecule has 0 amide bonds. The van der Waals surface area contributed by atoms with Gasteiger partial charge in [-0.1, -0.05) is 72.9 Å². The fourth-order valence-corrected chi connectivity index (χ4v) is 6.16. The van der Waals surface area contributed by atoms with Crippen LogP contribution in [-0.2, 0) is 0 Å². The summed E-state index contributed by atoms with van der Waals surface area (Å²) in [6.07, 6.45) is 26.3. The van der Waals surface area contributed by atoms with Crippen molar-refractivity contribution in [3.8, 4) is 0 Å². The van der Waals surface area contributed by atoms with Crippen LogP contribution in [0.5, 0.6) is 0 Å². The monoisotopic (exact) mass is 310 g/mol. The Labute approximate surface area is 144 Å². The molecule has 0 radical (unpaired) electrons. The Morgan fingerprint density at radius 2 is 1.54 bits per heavy atom. The lowest BCUT2D eigenvalue weighted by atomic mass is 9.54. The molecule has 0 N–H and O–H groups in total. The molecule has 0 bridgehead atoms. The molecule has 0 aromatic heterocycles. The second-order valence-corrected chi connectivity index (χ2v) is 8.04. The summed E-state index contributed by atoms with van der Waals surface area (Å²) in [5.74, 6) is 4.03. The maximum absolute atomic E-state index is 2.51. The summed E-state index contributed by atoms with van der Waals surface area (Å²) in [6, 6.07) is 4.84. The zero-order valence-electron chi connectivity index (χ0n) is 13.8. The summed E-state index contributed by atoms with van der Waals surface area (Å²) in [4.78, 5) is 0. The van der Waals surface area contributed by atoms with Crippen molar-refractivity contribution in [2.45, 2.75) is 30.6 Å². The van der Waals surface area contributed by atoms with Gasteiger partial charge >= 0.3 is 0 Å². The summed E-state index contributed by atoms with van der Waals surface area (Å²) in [7, 11) is 0. The van der Waals surface area contributed by atoms with Crippen molar-refractivity contribution in [3.05, 3.63) is 89.1 Å². The first kappa shape index (κ1) is 13.2. The molecule has 0 saturated carbocycles. The third-order valence-corrected chi connectivity index (χ3v) is 7.07. The highest BCUT2D eigenvalue weighted by Crippen LogP contribution is 2.59. The van der Waals surface area contributed by atoms with E-state index in [0.29, 0.717) is 35.5 Å². The predicted octanol–water partition coefficient (Wildman–Crippen LogP) is 5.87. The first-order valence-electron chi connectivity index (χ1n) is 9.45. The molecule has 1 aromatic rings. The molecule has 0 heteroatoms. The van der Waals surface area contributed by atoms with Crippen molar-refractivity contribution in [1.82, 2.24) is 0 Å². The van der Waals surface area contributed by atoms with Gasteiger partial charge in [-0.05, 0) is 64.7 Å². The number of fused-ring (bicyclic) bond motifs is 5. The van der Waals surface area contributed by atoms with Gasteiger partial charge in [0.2, 0.25) is 0 Å². The minimum absolute atomic E-state index is 0.595. The fourth-order valence-electron chi connectivity index (χ4n) is 6.16. The number of allylic oxidation sites excluding steroid dienone is 9. The van der Waals surface area contributed by atoms with E-state index >= 15 is 0 Å². The minimum atomic E-state index is 0.595. The Kier molecular flexibility index (Phi) is 2.61. The lowest BCUT2D eigenvalue weighted by Crippen LogP contribution is -2.38. The molecule has 6 atom stereocenters. The van der Waals surface area contributed by atoms with Gasteiger partial charge in [-0.2, -0.15) is 0 Å². The van der Waals surface area contributed by atoms with Gasteiger partial charge in [0.1, 0.15) is 0 Å². The number of hydrogen-bond acceptors (Lipinski definition) is 0. The van der Waals surface area contributed by atoms with Crippen LogP contribution in [0.25, 0.3) is 6.08 Å². The molecular weight excluding hydrogens is 288 g/mol. The van der Waals surface area contributed by atoms with Crippen molar-refractivity contribution < 1.29 is 0 Å². The van der Waals surface area contributed by atoms with Gasteiger partial charge in [-0.15, -0.1) is 0 Å². The quantitative estimate of drug-likeness (QED) is 0.562. The molecule has 0 fully saturated rings. The average molecular weight is 310 g/mol. The molecule has 0 nitrogen and oxygen atoms in total. The van der Waals surface area contributed by atoms with Crippen molar-refractivity contribution in [2.75, 3.05) is 0 Å². The van der Waals surface area contributed by atoms with Crippen LogP contribution >= 0.6 is 0 Å². The third-order valence-electron chi connectivity index (χ3n) is 7.07. The highest BCUT2D eigenvalue weighted by molar-refractivity contribution is 5.65. The second-order valence-electron chi connectivity index (χ2n) is 8.04. The zero-order valence-corrected chi connectivity index (χ0v) is 13.8. The average Bonchev–Trinajstić information content (AvgIpc) is 2.66. The van der Waals surface area contributed by atoms with Crippen molar-refractivity contribution in [3.63, 3.8) is 0 Å². The van der Waals surface area contributed by atoms with E-state index in [1.807, 2.05) is 0 Å². The molecular formula is C24H22. The Morgan fingerprint density at radius 3 is 2.46 bits per heavy atom. The lowest BCUT2D eigenvalue weighted by molar-refractivity contribution is 0.262. The molecule has 118 valence electrons. The molecule has 24 heavy (non-hydrogen) atoms. The van der Waals surface area contributed by atoms with E-state index in [4.69, 9.17) is 0 Å². The van der Waals surface area contributed by atoms with Crippen LogP contribution in [0, 0.1) is 17.8 Å². The van der Waals surface area contributed by atoms with Gasteiger partial charge in [-0.25, -0.2) is 0 Å². The van der Waals surface area contributed by atoms with E-state index in [2.05, 4.69) is 72.9 Å². The van der Waals surface area contributed by atoms with Crippen LogP contribution in [0.1, 0.15) is 52.8 Å². The SMILES string of the molecule is C1=CC2CC3c4c(ccc5c4C(CC=C5)C4C=CC=CC34)C2C=C1. The number of hydrogen-bond donors (Lipinski definition) is 0. The summed E-state index contributed by atoms with van der Waals surface area (Å²) in [6.45, 7) is 0. The van der Waals surface area contributed by atoms with Gasteiger partial charge in [-0.3, -0.25) is 0 Å². The lowest BCUT2D eigenvalue weighted by Gasteiger charge is -2.50. The fraction of sp³-hybridized carbons (Fsp3) is 0.333.